The summed E-state index contributed by atoms with van der Waals surface area (Å²) in [5.74, 6) is 1.28. The molecule has 1 heterocycles. The van der Waals surface area contributed by atoms with E-state index in [1.54, 1.807) is 7.11 Å². The van der Waals surface area contributed by atoms with Gasteiger partial charge in [0.1, 0.15) is 5.75 Å². The zero-order valence-electron chi connectivity index (χ0n) is 12.9. The number of aliphatic imine (C=N–C) groups is 1. The number of hydrogen-bond donors (Lipinski definition) is 2. The summed E-state index contributed by atoms with van der Waals surface area (Å²) >= 11 is 0. The van der Waals surface area contributed by atoms with Crippen LogP contribution in [-0.2, 0) is 0 Å². The molecule has 3 aromatic rings. The number of ether oxygens (including phenoxy) is 1. The van der Waals surface area contributed by atoms with E-state index in [9.17, 15) is 0 Å². The first kappa shape index (κ1) is 14.8. The number of aryl methyl sites for hydroxylation is 1. The van der Waals surface area contributed by atoms with Gasteiger partial charge in [0.15, 0.2) is 0 Å². The van der Waals surface area contributed by atoms with E-state index in [0.29, 0.717) is 5.95 Å². The summed E-state index contributed by atoms with van der Waals surface area (Å²) in [6, 6.07) is 15.2. The number of nitrogens with zero attached hydrogens (tertiary/aromatic N) is 3. The van der Waals surface area contributed by atoms with Crippen LogP contribution in [0.2, 0.25) is 0 Å². The van der Waals surface area contributed by atoms with E-state index in [0.717, 1.165) is 28.0 Å². The van der Waals surface area contributed by atoms with Gasteiger partial charge in [-0.25, -0.2) is 9.97 Å². The first-order chi connectivity index (χ1) is 11.2. The number of rotatable bonds is 3. The monoisotopic (exact) mass is 307 g/mol. The Morgan fingerprint density at radius 3 is 2.78 bits per heavy atom. The number of fused-ring (bicyclic) bond motifs is 1. The van der Waals surface area contributed by atoms with Crippen LogP contribution in [-0.4, -0.2) is 23.0 Å². The van der Waals surface area contributed by atoms with Gasteiger partial charge in [-0.15, -0.1) is 0 Å². The Kier molecular flexibility index (Phi) is 4.05. The molecule has 6 nitrogen and oxygen atoms in total. The SMILES string of the molecule is COc1cccc(NC(N)=Nc2nc(C)c3ccccc3n2)c1. The van der Waals surface area contributed by atoms with Crippen molar-refractivity contribution >= 4 is 28.5 Å². The van der Waals surface area contributed by atoms with E-state index in [-0.39, 0.29) is 5.96 Å². The summed E-state index contributed by atoms with van der Waals surface area (Å²) in [5, 5.41) is 4.01. The van der Waals surface area contributed by atoms with Crippen LogP contribution in [0, 0.1) is 6.92 Å². The molecule has 0 atom stereocenters. The molecule has 0 fully saturated rings. The van der Waals surface area contributed by atoms with Crippen LogP contribution in [0.3, 0.4) is 0 Å². The fourth-order valence-corrected chi connectivity index (χ4v) is 2.25. The molecule has 1 aromatic heterocycles. The van der Waals surface area contributed by atoms with Gasteiger partial charge < -0.3 is 15.8 Å². The van der Waals surface area contributed by atoms with Gasteiger partial charge in [-0.2, -0.15) is 4.99 Å². The molecular weight excluding hydrogens is 290 g/mol. The number of benzene rings is 2. The van der Waals surface area contributed by atoms with Gasteiger partial charge in [0, 0.05) is 17.1 Å². The standard InChI is InChI=1S/C17H17N5O/c1-11-14-8-3-4-9-15(14)21-17(19-11)22-16(18)20-12-6-5-7-13(10-12)23-2/h3-10H,1-2H3,(H3,18,19,20,21,22). The predicted molar refractivity (Wildman–Crippen MR) is 92.2 cm³/mol. The lowest BCUT2D eigenvalue weighted by Crippen LogP contribution is -2.22. The molecule has 0 aliphatic carbocycles. The molecule has 0 radical (unpaired) electrons. The molecule has 3 N–H and O–H groups in total. The molecule has 0 spiro atoms. The number of anilines is 1. The van der Waals surface area contributed by atoms with Gasteiger partial charge in [0.25, 0.3) is 5.95 Å². The van der Waals surface area contributed by atoms with Gasteiger partial charge in [-0.1, -0.05) is 24.3 Å². The Bertz CT molecular complexity index is 876. The predicted octanol–water partition coefficient (Wildman–Crippen LogP) is 3.01. The Labute approximate surface area is 134 Å². The molecule has 0 unspecified atom stereocenters. The molecule has 3 rings (SSSR count). The molecule has 0 aliphatic heterocycles. The van der Waals surface area contributed by atoms with Crippen LogP contribution >= 0.6 is 0 Å². The highest BCUT2D eigenvalue weighted by molar-refractivity contribution is 5.94. The molecule has 2 aromatic carbocycles. The highest BCUT2D eigenvalue weighted by Crippen LogP contribution is 2.19. The maximum atomic E-state index is 5.94. The molecular formula is C17H17N5O. The van der Waals surface area contributed by atoms with E-state index >= 15 is 0 Å². The van der Waals surface area contributed by atoms with Crippen molar-refractivity contribution in [3.63, 3.8) is 0 Å². The second-order valence-electron chi connectivity index (χ2n) is 4.98. The lowest BCUT2D eigenvalue weighted by atomic mass is 10.2. The molecule has 0 saturated heterocycles. The Morgan fingerprint density at radius 1 is 1.13 bits per heavy atom. The Balaban J connectivity index is 1.88. The lowest BCUT2D eigenvalue weighted by Gasteiger charge is -2.07. The van der Waals surface area contributed by atoms with Crippen molar-refractivity contribution in [2.45, 2.75) is 6.92 Å². The Morgan fingerprint density at radius 2 is 1.96 bits per heavy atom. The first-order valence-corrected chi connectivity index (χ1v) is 7.14. The highest BCUT2D eigenvalue weighted by atomic mass is 16.5. The van der Waals surface area contributed by atoms with Gasteiger partial charge in [-0.05, 0) is 25.1 Å². The maximum absolute atomic E-state index is 5.94. The Hall–Kier alpha value is -3.15. The maximum Gasteiger partial charge on any atom is 0.253 e. The fourth-order valence-electron chi connectivity index (χ4n) is 2.25. The van der Waals surface area contributed by atoms with E-state index in [2.05, 4.69) is 20.3 Å². The zero-order chi connectivity index (χ0) is 16.2. The van der Waals surface area contributed by atoms with Crippen molar-refractivity contribution in [1.82, 2.24) is 9.97 Å². The van der Waals surface area contributed by atoms with Gasteiger partial charge >= 0.3 is 0 Å². The van der Waals surface area contributed by atoms with Gasteiger partial charge in [0.05, 0.1) is 18.3 Å². The fraction of sp³-hybridized carbons (Fsp3) is 0.118. The minimum absolute atomic E-state index is 0.216. The average molecular weight is 307 g/mol. The molecule has 0 saturated carbocycles. The third kappa shape index (κ3) is 3.37. The van der Waals surface area contributed by atoms with Crippen LogP contribution < -0.4 is 15.8 Å². The topological polar surface area (TPSA) is 85.4 Å². The zero-order valence-corrected chi connectivity index (χ0v) is 12.9. The van der Waals surface area contributed by atoms with E-state index in [1.165, 1.54) is 0 Å². The quantitative estimate of drug-likeness (QED) is 0.574. The number of hydrogen-bond acceptors (Lipinski definition) is 4. The summed E-state index contributed by atoms with van der Waals surface area (Å²) in [5.41, 5.74) is 8.43. The molecule has 0 aliphatic rings. The minimum Gasteiger partial charge on any atom is -0.497 e. The summed E-state index contributed by atoms with van der Waals surface area (Å²) in [6.45, 7) is 1.93. The van der Waals surface area contributed by atoms with Gasteiger partial charge in [-0.3, -0.25) is 0 Å². The van der Waals surface area contributed by atoms with Crippen LogP contribution in [0.15, 0.2) is 53.5 Å². The summed E-state index contributed by atoms with van der Waals surface area (Å²) in [6.07, 6.45) is 0. The number of guanidine groups is 1. The summed E-state index contributed by atoms with van der Waals surface area (Å²) in [4.78, 5) is 13.0. The van der Waals surface area contributed by atoms with Crippen molar-refractivity contribution < 1.29 is 4.74 Å². The molecule has 23 heavy (non-hydrogen) atoms. The number of nitrogens with one attached hydrogen (secondary N) is 1. The van der Waals surface area contributed by atoms with Crippen LogP contribution in [0.5, 0.6) is 5.75 Å². The lowest BCUT2D eigenvalue weighted by molar-refractivity contribution is 0.415. The second-order valence-corrected chi connectivity index (χ2v) is 4.98. The first-order valence-electron chi connectivity index (χ1n) is 7.14. The van der Waals surface area contributed by atoms with Crippen LogP contribution in [0.1, 0.15) is 5.69 Å². The van der Waals surface area contributed by atoms with Gasteiger partial charge in [0.2, 0.25) is 5.96 Å². The highest BCUT2D eigenvalue weighted by Gasteiger charge is 2.04. The van der Waals surface area contributed by atoms with E-state index < -0.39 is 0 Å². The summed E-state index contributed by atoms with van der Waals surface area (Å²) in [7, 11) is 1.61. The molecule has 116 valence electrons. The number of para-hydroxylation sites is 1. The van der Waals surface area contributed by atoms with Crippen molar-refractivity contribution in [2.24, 2.45) is 10.7 Å². The normalized spacial score (nSPS) is 11.5. The number of methoxy groups -OCH3 is 1. The molecule has 0 amide bonds. The average Bonchev–Trinajstić information content (AvgIpc) is 2.55. The van der Waals surface area contributed by atoms with E-state index in [4.69, 9.17) is 10.5 Å². The van der Waals surface area contributed by atoms with Crippen molar-refractivity contribution in [2.75, 3.05) is 12.4 Å². The third-order valence-electron chi connectivity index (χ3n) is 3.34. The van der Waals surface area contributed by atoms with Crippen LogP contribution in [0.4, 0.5) is 11.6 Å². The number of aromatic nitrogens is 2. The smallest absolute Gasteiger partial charge is 0.253 e. The van der Waals surface area contributed by atoms with Crippen molar-refractivity contribution in [3.05, 3.63) is 54.2 Å². The second kappa shape index (κ2) is 6.31. The van der Waals surface area contributed by atoms with E-state index in [1.807, 2.05) is 55.5 Å². The molecule has 6 heteroatoms. The van der Waals surface area contributed by atoms with Crippen molar-refractivity contribution in [3.8, 4) is 5.75 Å². The van der Waals surface area contributed by atoms with Crippen molar-refractivity contribution in [1.29, 1.82) is 0 Å². The van der Waals surface area contributed by atoms with Crippen LogP contribution in [0.25, 0.3) is 10.9 Å². The third-order valence-corrected chi connectivity index (χ3v) is 3.34. The molecule has 0 bridgehead atoms. The number of nitrogens with two attached hydrogens (primary N) is 1. The largest absolute Gasteiger partial charge is 0.497 e. The summed E-state index contributed by atoms with van der Waals surface area (Å²) < 4.78 is 5.17. The minimum atomic E-state index is 0.216.